The molecule has 0 saturated heterocycles. The molecule has 2 aromatic rings. The molecule has 0 aliphatic heterocycles. The molecule has 0 N–H and O–H groups in total. The highest BCUT2D eigenvalue weighted by Crippen LogP contribution is 2.28. The lowest BCUT2D eigenvalue weighted by molar-refractivity contribution is -0.384. The highest BCUT2D eigenvalue weighted by atomic mass is 32.1. The van der Waals surface area contributed by atoms with Gasteiger partial charge in [0.15, 0.2) is 0 Å². The zero-order valence-corrected chi connectivity index (χ0v) is 9.88. The van der Waals surface area contributed by atoms with E-state index in [2.05, 4.69) is 12.6 Å². The minimum Gasteiger partial charge on any atom is -0.258 e. The van der Waals surface area contributed by atoms with Crippen LogP contribution in [-0.4, -0.2) is 4.92 Å². The molecule has 0 aromatic heterocycles. The van der Waals surface area contributed by atoms with Crippen molar-refractivity contribution in [3.8, 4) is 0 Å². The van der Waals surface area contributed by atoms with Crippen LogP contribution in [0.2, 0.25) is 0 Å². The molecule has 0 radical (unpaired) electrons. The van der Waals surface area contributed by atoms with E-state index >= 15 is 0 Å². The van der Waals surface area contributed by atoms with E-state index < -0.39 is 4.92 Å². The summed E-state index contributed by atoms with van der Waals surface area (Å²) in [6.45, 7) is 0. The van der Waals surface area contributed by atoms with Gasteiger partial charge in [-0.15, -0.1) is 0 Å². The molecule has 86 valence electrons. The van der Waals surface area contributed by atoms with Gasteiger partial charge in [0.25, 0.3) is 5.69 Å². The third kappa shape index (κ3) is 2.65. The summed E-state index contributed by atoms with van der Waals surface area (Å²) in [7, 11) is 0. The van der Waals surface area contributed by atoms with Crippen LogP contribution in [0.4, 0.5) is 5.69 Å². The fourth-order valence-electron chi connectivity index (χ4n) is 1.61. The van der Waals surface area contributed by atoms with E-state index in [9.17, 15) is 10.1 Å². The predicted octanol–water partition coefficient (Wildman–Crippen LogP) is 3.61. The third-order valence-corrected chi connectivity index (χ3v) is 3.13. The van der Waals surface area contributed by atoms with Gasteiger partial charge in [-0.25, -0.2) is 0 Å². The van der Waals surface area contributed by atoms with Crippen molar-refractivity contribution in [2.75, 3.05) is 0 Å². The van der Waals surface area contributed by atoms with Crippen LogP contribution < -0.4 is 0 Å². The Labute approximate surface area is 105 Å². The molecule has 0 amide bonds. The van der Waals surface area contributed by atoms with E-state index in [1.807, 2.05) is 30.3 Å². The summed E-state index contributed by atoms with van der Waals surface area (Å²) in [6.07, 6.45) is 0. The van der Waals surface area contributed by atoms with Gasteiger partial charge in [-0.1, -0.05) is 42.5 Å². The second-order valence-electron chi connectivity index (χ2n) is 3.66. The maximum atomic E-state index is 10.5. The minimum absolute atomic E-state index is 0.0583. The quantitative estimate of drug-likeness (QED) is 0.510. The number of nitrogens with zero attached hydrogens (tertiary/aromatic N) is 1. The standard InChI is InChI=1S/C13H11NO2S/c15-14(16)12-8-6-11(7-9-12)13(17)10-4-2-1-3-5-10/h1-9,13,17H. The number of hydrogen-bond acceptors (Lipinski definition) is 3. The van der Waals surface area contributed by atoms with Gasteiger partial charge in [-0.05, 0) is 11.1 Å². The summed E-state index contributed by atoms with van der Waals surface area (Å²) in [6, 6.07) is 16.3. The number of benzene rings is 2. The molecule has 1 atom stereocenters. The molecule has 0 spiro atoms. The highest BCUT2D eigenvalue weighted by molar-refractivity contribution is 7.80. The van der Waals surface area contributed by atoms with Crippen LogP contribution in [0.3, 0.4) is 0 Å². The van der Waals surface area contributed by atoms with Crippen molar-refractivity contribution in [1.29, 1.82) is 0 Å². The van der Waals surface area contributed by atoms with Crippen LogP contribution in [-0.2, 0) is 0 Å². The van der Waals surface area contributed by atoms with Crippen LogP contribution in [0.1, 0.15) is 16.4 Å². The summed E-state index contributed by atoms with van der Waals surface area (Å²) in [4.78, 5) is 10.1. The van der Waals surface area contributed by atoms with Crippen molar-refractivity contribution in [2.45, 2.75) is 5.25 Å². The molecule has 17 heavy (non-hydrogen) atoms. The van der Waals surface area contributed by atoms with Gasteiger partial charge in [0, 0.05) is 12.1 Å². The monoisotopic (exact) mass is 245 g/mol. The number of rotatable bonds is 3. The molecule has 3 nitrogen and oxygen atoms in total. The van der Waals surface area contributed by atoms with Crippen molar-refractivity contribution in [2.24, 2.45) is 0 Å². The summed E-state index contributed by atoms with van der Waals surface area (Å²) < 4.78 is 0. The van der Waals surface area contributed by atoms with Crippen LogP contribution in [0.25, 0.3) is 0 Å². The normalized spacial score (nSPS) is 12.1. The third-order valence-electron chi connectivity index (χ3n) is 2.53. The summed E-state index contributed by atoms with van der Waals surface area (Å²) in [5.41, 5.74) is 2.12. The molecule has 0 bridgehead atoms. The lowest BCUT2D eigenvalue weighted by Crippen LogP contribution is -1.94. The molecule has 0 heterocycles. The van der Waals surface area contributed by atoms with Crippen molar-refractivity contribution >= 4 is 18.3 Å². The number of hydrogen-bond donors (Lipinski definition) is 1. The van der Waals surface area contributed by atoms with Gasteiger partial charge in [0.1, 0.15) is 0 Å². The Hall–Kier alpha value is -1.81. The molecular weight excluding hydrogens is 234 g/mol. The molecular formula is C13H11NO2S. The Morgan fingerprint density at radius 1 is 0.941 bits per heavy atom. The van der Waals surface area contributed by atoms with E-state index in [0.717, 1.165) is 11.1 Å². The van der Waals surface area contributed by atoms with Crippen molar-refractivity contribution in [3.63, 3.8) is 0 Å². The zero-order valence-electron chi connectivity index (χ0n) is 8.98. The number of nitro benzene ring substituents is 1. The summed E-state index contributed by atoms with van der Waals surface area (Å²) >= 11 is 4.53. The Morgan fingerprint density at radius 3 is 2.00 bits per heavy atom. The predicted molar refractivity (Wildman–Crippen MR) is 70.4 cm³/mol. The first-order valence-electron chi connectivity index (χ1n) is 5.16. The molecule has 1 unspecified atom stereocenters. The lowest BCUT2D eigenvalue weighted by Gasteiger charge is -2.10. The fraction of sp³-hybridized carbons (Fsp3) is 0.0769. The molecule has 0 aliphatic carbocycles. The first-order valence-corrected chi connectivity index (χ1v) is 5.67. The fourth-order valence-corrected chi connectivity index (χ4v) is 1.95. The van der Waals surface area contributed by atoms with Crippen LogP contribution in [0, 0.1) is 10.1 Å². The van der Waals surface area contributed by atoms with E-state index in [1.54, 1.807) is 12.1 Å². The maximum absolute atomic E-state index is 10.5. The molecule has 0 fully saturated rings. The first-order chi connectivity index (χ1) is 8.18. The SMILES string of the molecule is O=[N+]([O-])c1ccc(C(S)c2ccccc2)cc1. The zero-order chi connectivity index (χ0) is 12.3. The summed E-state index contributed by atoms with van der Waals surface area (Å²) in [5, 5.41) is 10.5. The van der Waals surface area contributed by atoms with Gasteiger partial charge in [-0.3, -0.25) is 10.1 Å². The highest BCUT2D eigenvalue weighted by Gasteiger charge is 2.10. The molecule has 2 aromatic carbocycles. The van der Waals surface area contributed by atoms with Crippen molar-refractivity contribution in [3.05, 3.63) is 75.8 Å². The molecule has 0 aliphatic rings. The molecule has 4 heteroatoms. The topological polar surface area (TPSA) is 43.1 Å². The second-order valence-corrected chi connectivity index (χ2v) is 4.18. The number of non-ortho nitro benzene ring substituents is 1. The lowest BCUT2D eigenvalue weighted by atomic mass is 10.0. The van der Waals surface area contributed by atoms with Gasteiger partial charge in [-0.2, -0.15) is 12.6 Å². The second kappa shape index (κ2) is 5.01. The minimum atomic E-state index is -0.403. The largest absolute Gasteiger partial charge is 0.269 e. The van der Waals surface area contributed by atoms with Gasteiger partial charge in [0.05, 0.1) is 10.2 Å². The molecule has 2 rings (SSSR count). The van der Waals surface area contributed by atoms with E-state index in [-0.39, 0.29) is 10.9 Å². The smallest absolute Gasteiger partial charge is 0.258 e. The Bertz CT molecular complexity index is 511. The van der Waals surface area contributed by atoms with Gasteiger partial charge < -0.3 is 0 Å². The van der Waals surface area contributed by atoms with Crippen molar-refractivity contribution < 1.29 is 4.92 Å². The van der Waals surface area contributed by atoms with Gasteiger partial charge in [0.2, 0.25) is 0 Å². The van der Waals surface area contributed by atoms with E-state index in [4.69, 9.17) is 0 Å². The van der Waals surface area contributed by atoms with E-state index in [1.165, 1.54) is 12.1 Å². The Balaban J connectivity index is 2.26. The van der Waals surface area contributed by atoms with Crippen LogP contribution in [0.5, 0.6) is 0 Å². The average molecular weight is 245 g/mol. The maximum Gasteiger partial charge on any atom is 0.269 e. The Kier molecular flexibility index (Phi) is 3.44. The number of nitro groups is 1. The summed E-state index contributed by atoms with van der Waals surface area (Å²) in [5.74, 6) is 0. The first kappa shape index (κ1) is 11.7. The number of thiol groups is 1. The average Bonchev–Trinajstić information content (AvgIpc) is 2.39. The van der Waals surface area contributed by atoms with Crippen molar-refractivity contribution in [1.82, 2.24) is 0 Å². The van der Waals surface area contributed by atoms with Gasteiger partial charge >= 0.3 is 0 Å². The van der Waals surface area contributed by atoms with Crippen LogP contribution >= 0.6 is 12.6 Å². The Morgan fingerprint density at radius 2 is 1.47 bits per heavy atom. The van der Waals surface area contributed by atoms with Crippen LogP contribution in [0.15, 0.2) is 54.6 Å². The van der Waals surface area contributed by atoms with E-state index in [0.29, 0.717) is 0 Å². The molecule has 0 saturated carbocycles.